The van der Waals surface area contributed by atoms with Crippen LogP contribution in [-0.2, 0) is 30.8 Å². The standard InChI is InChI=1S/C32H36F2N4O7/c1-20-5-8-27(38-30(40)31(10-11-31)21-6-7-25-26(19-21)45-32(33,34)44-25)37-28(20)23-3-2-4-24(29(36)39)22(23)9-13-41-15-17-43-18-16-42-14-12-35/h2-8,19H,9-18,35H2,1H3,(H2,36,39)(H,37,38,40). The maximum absolute atomic E-state index is 13.5. The van der Waals surface area contributed by atoms with E-state index in [1.807, 2.05) is 19.1 Å². The van der Waals surface area contributed by atoms with Gasteiger partial charge in [0.05, 0.1) is 50.8 Å². The second-order valence-corrected chi connectivity index (χ2v) is 10.8. The van der Waals surface area contributed by atoms with E-state index in [1.54, 1.807) is 24.3 Å². The number of nitrogens with zero attached hydrogens (tertiary/aromatic N) is 1. The first-order valence-corrected chi connectivity index (χ1v) is 14.7. The number of benzene rings is 2. The molecule has 0 bridgehead atoms. The fourth-order valence-corrected chi connectivity index (χ4v) is 5.23. The summed E-state index contributed by atoms with van der Waals surface area (Å²) >= 11 is 0. The molecule has 1 aliphatic carbocycles. The Kier molecular flexibility index (Phi) is 9.93. The molecule has 3 aromatic rings. The van der Waals surface area contributed by atoms with E-state index in [2.05, 4.69) is 14.8 Å². The normalized spacial score (nSPS) is 15.6. The number of rotatable bonds is 16. The molecule has 0 radical (unpaired) electrons. The van der Waals surface area contributed by atoms with E-state index in [1.165, 1.54) is 12.1 Å². The van der Waals surface area contributed by atoms with Crippen molar-refractivity contribution in [3.8, 4) is 22.8 Å². The number of ether oxygens (including phenoxy) is 5. The molecule has 0 saturated heterocycles. The summed E-state index contributed by atoms with van der Waals surface area (Å²) < 4.78 is 52.6. The molecule has 2 aliphatic rings. The highest BCUT2D eigenvalue weighted by Crippen LogP contribution is 2.52. The monoisotopic (exact) mass is 626 g/mol. The van der Waals surface area contributed by atoms with Gasteiger partial charge in [0.15, 0.2) is 11.5 Å². The highest BCUT2D eigenvalue weighted by atomic mass is 19.3. The van der Waals surface area contributed by atoms with Crippen LogP contribution in [0.2, 0.25) is 0 Å². The molecule has 1 saturated carbocycles. The molecule has 1 fully saturated rings. The maximum atomic E-state index is 13.5. The van der Waals surface area contributed by atoms with Gasteiger partial charge in [0.25, 0.3) is 0 Å². The van der Waals surface area contributed by atoms with Crippen molar-refractivity contribution in [3.05, 3.63) is 70.8 Å². The van der Waals surface area contributed by atoms with Crippen molar-refractivity contribution in [1.29, 1.82) is 0 Å². The van der Waals surface area contributed by atoms with E-state index in [0.29, 0.717) is 99.2 Å². The van der Waals surface area contributed by atoms with Crippen LogP contribution < -0.4 is 26.3 Å². The molecule has 0 unspecified atom stereocenters. The smallest absolute Gasteiger partial charge is 0.395 e. The molecule has 11 nitrogen and oxygen atoms in total. The van der Waals surface area contributed by atoms with Gasteiger partial charge >= 0.3 is 6.29 Å². The predicted octanol–water partition coefficient (Wildman–Crippen LogP) is 3.70. The number of aryl methyl sites for hydroxylation is 1. The number of hydrogen-bond donors (Lipinski definition) is 3. The van der Waals surface area contributed by atoms with Gasteiger partial charge in [-0.05, 0) is 67.1 Å². The van der Waals surface area contributed by atoms with E-state index in [9.17, 15) is 18.4 Å². The largest absolute Gasteiger partial charge is 0.586 e. The number of alkyl halides is 2. The summed E-state index contributed by atoms with van der Waals surface area (Å²) in [5, 5.41) is 2.89. The van der Waals surface area contributed by atoms with Gasteiger partial charge in [0.2, 0.25) is 11.8 Å². The van der Waals surface area contributed by atoms with Crippen molar-refractivity contribution in [2.45, 2.75) is 37.9 Å². The lowest BCUT2D eigenvalue weighted by atomic mass is 9.93. The molecule has 1 aliphatic heterocycles. The second kappa shape index (κ2) is 13.9. The number of primary amides is 1. The predicted molar refractivity (Wildman–Crippen MR) is 160 cm³/mol. The Morgan fingerprint density at radius 2 is 1.62 bits per heavy atom. The zero-order chi connectivity index (χ0) is 32.0. The van der Waals surface area contributed by atoms with E-state index >= 15 is 0 Å². The molecule has 2 aromatic carbocycles. The quantitative estimate of drug-likeness (QED) is 0.202. The van der Waals surface area contributed by atoms with Gasteiger partial charge in [-0.15, -0.1) is 8.78 Å². The first-order valence-electron chi connectivity index (χ1n) is 14.7. The van der Waals surface area contributed by atoms with Crippen molar-refractivity contribution < 1.29 is 42.1 Å². The van der Waals surface area contributed by atoms with Crippen molar-refractivity contribution in [3.63, 3.8) is 0 Å². The molecule has 2 amide bonds. The third-order valence-corrected chi connectivity index (χ3v) is 7.68. The van der Waals surface area contributed by atoms with Crippen molar-refractivity contribution in [1.82, 2.24) is 4.98 Å². The highest BCUT2D eigenvalue weighted by Gasteiger charge is 2.53. The number of anilines is 1. The molecular formula is C32H36F2N4O7. The topological polar surface area (TPSA) is 157 Å². The van der Waals surface area contributed by atoms with Crippen molar-refractivity contribution in [2.24, 2.45) is 11.5 Å². The Bertz CT molecular complexity index is 1550. The zero-order valence-electron chi connectivity index (χ0n) is 24.9. The maximum Gasteiger partial charge on any atom is 0.586 e. The molecule has 0 spiro atoms. The van der Waals surface area contributed by atoms with E-state index in [0.717, 1.165) is 5.56 Å². The van der Waals surface area contributed by atoms with E-state index in [4.69, 9.17) is 30.7 Å². The zero-order valence-corrected chi connectivity index (χ0v) is 24.9. The van der Waals surface area contributed by atoms with Crippen LogP contribution in [0.5, 0.6) is 11.5 Å². The number of nitrogens with one attached hydrogen (secondary N) is 1. The summed E-state index contributed by atoms with van der Waals surface area (Å²) in [6, 6.07) is 13.1. The first kappa shape index (κ1) is 32.2. The fourth-order valence-electron chi connectivity index (χ4n) is 5.23. The Morgan fingerprint density at radius 3 is 2.31 bits per heavy atom. The van der Waals surface area contributed by atoms with Crippen LogP contribution in [0.25, 0.3) is 11.3 Å². The number of carbonyl (C=O) groups excluding carboxylic acids is 2. The Morgan fingerprint density at radius 1 is 0.933 bits per heavy atom. The summed E-state index contributed by atoms with van der Waals surface area (Å²) in [6.45, 7) is 4.78. The number of aromatic nitrogens is 1. The number of hydrogen-bond acceptors (Lipinski definition) is 9. The third kappa shape index (κ3) is 7.56. The minimum Gasteiger partial charge on any atom is -0.395 e. The SMILES string of the molecule is Cc1ccc(NC(=O)C2(c3ccc4c(c3)OC(F)(F)O4)CC2)nc1-c1cccc(C(N)=O)c1CCOCCOCCOCCN. The van der Waals surface area contributed by atoms with Gasteiger partial charge < -0.3 is 40.5 Å². The summed E-state index contributed by atoms with van der Waals surface area (Å²) in [4.78, 5) is 30.6. The molecule has 5 rings (SSSR count). The number of carbonyl (C=O) groups is 2. The van der Waals surface area contributed by atoms with Gasteiger partial charge in [-0.25, -0.2) is 4.98 Å². The summed E-state index contributed by atoms with van der Waals surface area (Å²) in [5.74, 6) is -0.784. The molecule has 0 atom stereocenters. The van der Waals surface area contributed by atoms with Gasteiger partial charge in [0.1, 0.15) is 5.82 Å². The molecule has 2 heterocycles. The van der Waals surface area contributed by atoms with Crippen LogP contribution in [0.15, 0.2) is 48.5 Å². The molecular weight excluding hydrogens is 590 g/mol. The number of pyridine rings is 1. The minimum atomic E-state index is -3.74. The fraction of sp³-hybridized carbons (Fsp3) is 0.406. The lowest BCUT2D eigenvalue weighted by molar-refractivity contribution is -0.286. The van der Waals surface area contributed by atoms with Crippen LogP contribution in [0.4, 0.5) is 14.6 Å². The molecule has 1 aromatic heterocycles. The van der Waals surface area contributed by atoms with Gasteiger partial charge in [-0.3, -0.25) is 9.59 Å². The average molecular weight is 627 g/mol. The number of nitrogens with two attached hydrogens (primary N) is 2. The van der Waals surface area contributed by atoms with Crippen molar-refractivity contribution >= 4 is 17.6 Å². The number of amides is 2. The van der Waals surface area contributed by atoms with E-state index in [-0.39, 0.29) is 17.4 Å². The molecule has 13 heteroatoms. The minimum absolute atomic E-state index is 0.0818. The highest BCUT2D eigenvalue weighted by molar-refractivity contribution is 6.01. The Hall–Kier alpha value is -4.17. The summed E-state index contributed by atoms with van der Waals surface area (Å²) in [7, 11) is 0. The Balaban J connectivity index is 1.28. The second-order valence-electron chi connectivity index (χ2n) is 10.8. The summed E-state index contributed by atoms with van der Waals surface area (Å²) in [5.41, 5.74) is 13.9. The van der Waals surface area contributed by atoms with Gasteiger partial charge in [-0.1, -0.05) is 24.3 Å². The van der Waals surface area contributed by atoms with Gasteiger partial charge in [0, 0.05) is 17.7 Å². The lowest BCUT2D eigenvalue weighted by Gasteiger charge is -2.18. The van der Waals surface area contributed by atoms with Crippen LogP contribution >= 0.6 is 0 Å². The summed E-state index contributed by atoms with van der Waals surface area (Å²) in [6.07, 6.45) is -2.29. The first-order chi connectivity index (χ1) is 21.6. The third-order valence-electron chi connectivity index (χ3n) is 7.68. The number of fused-ring (bicyclic) bond motifs is 1. The van der Waals surface area contributed by atoms with Crippen LogP contribution in [0.1, 0.15) is 39.9 Å². The van der Waals surface area contributed by atoms with E-state index < -0.39 is 17.6 Å². The molecule has 45 heavy (non-hydrogen) atoms. The Labute approximate surface area is 259 Å². The van der Waals surface area contributed by atoms with Crippen molar-refractivity contribution in [2.75, 3.05) is 51.5 Å². The van der Waals surface area contributed by atoms with Gasteiger partial charge in [-0.2, -0.15) is 0 Å². The van der Waals surface area contributed by atoms with Crippen LogP contribution in [-0.4, -0.2) is 69.3 Å². The average Bonchev–Trinajstić information content (AvgIpc) is 3.76. The number of halogens is 2. The van der Waals surface area contributed by atoms with Crippen LogP contribution in [0, 0.1) is 6.92 Å². The lowest BCUT2D eigenvalue weighted by Crippen LogP contribution is -2.28. The molecule has 240 valence electrons. The molecule has 5 N–H and O–H groups in total. The van der Waals surface area contributed by atoms with Crippen LogP contribution in [0.3, 0.4) is 0 Å².